The number of anilines is 1. The van der Waals surface area contributed by atoms with Crippen molar-refractivity contribution >= 4 is 17.8 Å². The fraction of sp³-hybridized carbons (Fsp3) is 0.100. The molecule has 0 saturated heterocycles. The average Bonchev–Trinajstić information content (AvgIpc) is 2.17. The summed E-state index contributed by atoms with van der Waals surface area (Å²) in [6.07, 6.45) is 3.13. The molecule has 70 valence electrons. The Balaban J connectivity index is 3.13. The molecule has 1 amide bonds. The molecule has 1 rings (SSSR count). The highest BCUT2D eigenvalue weighted by atomic mass is 16.1. The second-order valence-corrected chi connectivity index (χ2v) is 2.66. The van der Waals surface area contributed by atoms with Gasteiger partial charge in [0.05, 0.1) is 5.56 Å². The maximum absolute atomic E-state index is 10.8. The number of pyridine rings is 1. The van der Waals surface area contributed by atoms with Crippen LogP contribution >= 0.6 is 0 Å². The first-order chi connectivity index (χ1) is 6.67. The molecule has 1 aromatic heterocycles. The Hall–Kier alpha value is -2.15. The number of hydrogen-bond acceptors (Lipinski definition) is 3. The number of amides is 1. The second kappa shape index (κ2) is 4.19. The molecule has 0 aliphatic rings. The van der Waals surface area contributed by atoms with E-state index in [0.29, 0.717) is 5.56 Å². The molecule has 4 nitrogen and oxygen atoms in total. The first kappa shape index (κ1) is 9.93. The number of rotatable bonds is 2. The molecule has 0 fully saturated rings. The topological polar surface area (TPSA) is 65.8 Å². The average molecular weight is 187 g/mol. The number of nitrogens with zero attached hydrogens (tertiary/aromatic N) is 2. The van der Waals surface area contributed by atoms with Crippen LogP contribution in [0.3, 0.4) is 0 Å². The molecule has 0 bridgehead atoms. The Kier molecular flexibility index (Phi) is 2.97. The Morgan fingerprint density at radius 3 is 3.00 bits per heavy atom. The summed E-state index contributed by atoms with van der Waals surface area (Å²) in [5, 5.41) is 11.2. The minimum absolute atomic E-state index is 0.250. The predicted molar refractivity (Wildman–Crippen MR) is 53.3 cm³/mol. The fourth-order valence-corrected chi connectivity index (χ4v) is 0.944. The van der Waals surface area contributed by atoms with Crippen LogP contribution in [-0.4, -0.2) is 10.9 Å². The Morgan fingerprint density at radius 1 is 1.79 bits per heavy atom. The van der Waals surface area contributed by atoms with Crippen LogP contribution in [0.2, 0.25) is 0 Å². The van der Waals surface area contributed by atoms with Crippen molar-refractivity contribution in [3.8, 4) is 6.07 Å². The van der Waals surface area contributed by atoms with E-state index in [1.54, 1.807) is 18.3 Å². The van der Waals surface area contributed by atoms with Gasteiger partial charge < -0.3 is 5.32 Å². The van der Waals surface area contributed by atoms with Gasteiger partial charge in [0, 0.05) is 13.1 Å². The van der Waals surface area contributed by atoms with Gasteiger partial charge in [-0.3, -0.25) is 4.79 Å². The quantitative estimate of drug-likeness (QED) is 0.763. The zero-order valence-corrected chi connectivity index (χ0v) is 7.74. The Labute approximate surface area is 81.9 Å². The predicted octanol–water partition coefficient (Wildman–Crippen LogP) is 1.55. The van der Waals surface area contributed by atoms with E-state index in [1.165, 1.54) is 6.92 Å². The van der Waals surface area contributed by atoms with Gasteiger partial charge in [-0.2, -0.15) is 5.26 Å². The van der Waals surface area contributed by atoms with E-state index in [4.69, 9.17) is 5.26 Å². The number of carbonyl (C=O) groups excluding carboxylic acids is 1. The van der Waals surface area contributed by atoms with Crippen molar-refractivity contribution in [1.82, 2.24) is 4.98 Å². The highest BCUT2D eigenvalue weighted by Crippen LogP contribution is 2.13. The lowest BCUT2D eigenvalue weighted by Crippen LogP contribution is -2.09. The van der Waals surface area contributed by atoms with Crippen molar-refractivity contribution in [3.05, 3.63) is 30.0 Å². The van der Waals surface area contributed by atoms with Crippen LogP contribution in [0.4, 0.5) is 5.82 Å². The summed E-state index contributed by atoms with van der Waals surface area (Å²) in [4.78, 5) is 14.7. The lowest BCUT2D eigenvalue weighted by Gasteiger charge is -2.03. The van der Waals surface area contributed by atoms with Crippen LogP contribution in [0.5, 0.6) is 0 Å². The zero-order chi connectivity index (χ0) is 10.6. The van der Waals surface area contributed by atoms with Gasteiger partial charge in [0.1, 0.15) is 11.9 Å². The highest BCUT2D eigenvalue weighted by molar-refractivity contribution is 5.89. The summed E-state index contributed by atoms with van der Waals surface area (Å²) < 4.78 is 0. The van der Waals surface area contributed by atoms with E-state index >= 15 is 0 Å². The van der Waals surface area contributed by atoms with Gasteiger partial charge in [-0.05, 0) is 11.6 Å². The minimum Gasteiger partial charge on any atom is -0.310 e. The summed E-state index contributed by atoms with van der Waals surface area (Å²) in [5.74, 6) is 0.0333. The molecule has 0 atom stereocenters. The van der Waals surface area contributed by atoms with Crippen molar-refractivity contribution in [2.45, 2.75) is 6.92 Å². The molecule has 0 spiro atoms. The van der Waals surface area contributed by atoms with E-state index in [1.807, 2.05) is 6.07 Å². The van der Waals surface area contributed by atoms with Crippen molar-refractivity contribution in [2.24, 2.45) is 0 Å². The van der Waals surface area contributed by atoms with Crippen molar-refractivity contribution in [3.63, 3.8) is 0 Å². The summed E-state index contributed by atoms with van der Waals surface area (Å²) in [6, 6.07) is 3.57. The lowest BCUT2D eigenvalue weighted by atomic mass is 10.2. The molecule has 0 saturated carbocycles. The Bertz CT molecular complexity index is 418. The van der Waals surface area contributed by atoms with E-state index in [-0.39, 0.29) is 11.7 Å². The number of aromatic nitrogens is 1. The van der Waals surface area contributed by atoms with Gasteiger partial charge in [0.2, 0.25) is 5.91 Å². The summed E-state index contributed by atoms with van der Waals surface area (Å²) in [5.41, 5.74) is 1.08. The molecule has 0 aliphatic carbocycles. The standard InChI is InChI=1S/C10H9N3O/c1-3-8-4-9(5-11)10(12-6-8)13-7(2)14/h3-4,6H,1H2,2H3,(H,12,13,14). The molecular formula is C10H9N3O. The largest absolute Gasteiger partial charge is 0.310 e. The van der Waals surface area contributed by atoms with E-state index in [9.17, 15) is 4.79 Å². The van der Waals surface area contributed by atoms with Gasteiger partial charge >= 0.3 is 0 Å². The maximum Gasteiger partial charge on any atom is 0.222 e. The SMILES string of the molecule is C=Cc1cnc(NC(C)=O)c(C#N)c1. The lowest BCUT2D eigenvalue weighted by molar-refractivity contribution is -0.114. The molecule has 0 radical (unpaired) electrons. The van der Waals surface area contributed by atoms with Gasteiger partial charge in [-0.15, -0.1) is 0 Å². The molecule has 14 heavy (non-hydrogen) atoms. The van der Waals surface area contributed by atoms with Gasteiger partial charge in [-0.1, -0.05) is 12.7 Å². The van der Waals surface area contributed by atoms with Crippen LogP contribution < -0.4 is 5.32 Å². The molecule has 4 heteroatoms. The smallest absolute Gasteiger partial charge is 0.222 e. The van der Waals surface area contributed by atoms with E-state index < -0.39 is 0 Å². The molecule has 1 heterocycles. The first-order valence-corrected chi connectivity index (χ1v) is 3.97. The van der Waals surface area contributed by atoms with Crippen LogP contribution in [0, 0.1) is 11.3 Å². The van der Waals surface area contributed by atoms with Crippen LogP contribution in [0.15, 0.2) is 18.8 Å². The summed E-state index contributed by atoms with van der Waals surface area (Å²) in [7, 11) is 0. The zero-order valence-electron chi connectivity index (χ0n) is 7.74. The Morgan fingerprint density at radius 2 is 2.50 bits per heavy atom. The third-order valence-corrected chi connectivity index (χ3v) is 1.56. The van der Waals surface area contributed by atoms with E-state index in [0.717, 1.165) is 5.56 Å². The number of nitrogens with one attached hydrogen (secondary N) is 1. The number of hydrogen-bond donors (Lipinski definition) is 1. The molecule has 1 N–H and O–H groups in total. The van der Waals surface area contributed by atoms with Gasteiger partial charge in [0.25, 0.3) is 0 Å². The van der Waals surface area contributed by atoms with Crippen molar-refractivity contribution < 1.29 is 4.79 Å². The molecule has 0 unspecified atom stereocenters. The van der Waals surface area contributed by atoms with Crippen molar-refractivity contribution in [1.29, 1.82) is 5.26 Å². The third kappa shape index (κ3) is 2.17. The number of nitriles is 1. The third-order valence-electron chi connectivity index (χ3n) is 1.56. The monoisotopic (exact) mass is 187 g/mol. The molecular weight excluding hydrogens is 178 g/mol. The first-order valence-electron chi connectivity index (χ1n) is 3.97. The minimum atomic E-state index is -0.250. The van der Waals surface area contributed by atoms with Gasteiger partial charge in [-0.25, -0.2) is 4.98 Å². The summed E-state index contributed by atoms with van der Waals surface area (Å²) >= 11 is 0. The number of carbonyl (C=O) groups is 1. The van der Waals surface area contributed by atoms with E-state index in [2.05, 4.69) is 16.9 Å². The highest BCUT2D eigenvalue weighted by Gasteiger charge is 2.04. The maximum atomic E-state index is 10.8. The second-order valence-electron chi connectivity index (χ2n) is 2.66. The fourth-order valence-electron chi connectivity index (χ4n) is 0.944. The van der Waals surface area contributed by atoms with Crippen LogP contribution in [-0.2, 0) is 4.79 Å². The van der Waals surface area contributed by atoms with Crippen LogP contribution in [0.1, 0.15) is 18.1 Å². The van der Waals surface area contributed by atoms with Crippen molar-refractivity contribution in [2.75, 3.05) is 5.32 Å². The van der Waals surface area contributed by atoms with Gasteiger partial charge in [0.15, 0.2) is 0 Å². The summed E-state index contributed by atoms with van der Waals surface area (Å²) in [6.45, 7) is 4.93. The molecule has 0 aliphatic heterocycles. The molecule has 0 aromatic carbocycles. The van der Waals surface area contributed by atoms with Crippen LogP contribution in [0.25, 0.3) is 6.08 Å². The normalized spacial score (nSPS) is 8.86. The molecule has 1 aromatic rings.